The molecule has 152 valence electrons. The van der Waals surface area contributed by atoms with Gasteiger partial charge in [-0.15, -0.1) is 0 Å². The highest BCUT2D eigenvalue weighted by Gasteiger charge is 2.41. The second kappa shape index (κ2) is 7.45. The summed E-state index contributed by atoms with van der Waals surface area (Å²) in [5, 5.41) is 3.13. The summed E-state index contributed by atoms with van der Waals surface area (Å²) in [6.07, 6.45) is 3.82. The molecule has 5 heteroatoms. The summed E-state index contributed by atoms with van der Waals surface area (Å²) < 4.78 is 1.98. The number of carbonyl (C=O) groups is 1. The van der Waals surface area contributed by atoms with Crippen molar-refractivity contribution in [2.75, 3.05) is 26.2 Å². The maximum atomic E-state index is 12.8. The molecule has 1 saturated carbocycles. The van der Waals surface area contributed by atoms with Gasteiger partial charge in [-0.3, -0.25) is 9.59 Å². The molecule has 1 saturated heterocycles. The molecule has 5 rings (SSSR count). The van der Waals surface area contributed by atoms with Crippen molar-refractivity contribution in [3.05, 3.63) is 69.6 Å². The van der Waals surface area contributed by atoms with Gasteiger partial charge in [0.1, 0.15) is 0 Å². The van der Waals surface area contributed by atoms with Crippen molar-refractivity contribution in [1.82, 2.24) is 14.8 Å². The standard InChI is InChI=1S/C24H29N3O2/c1-16-5-2-3-6-20(16)24(29)25-12-22-19-11-18(14-26(15-19)13-17-9-10-17)21-7-4-8-23(28)27(21)22/h2-8,17-19,22H,9-15H2,1H3,(H,25,29)/t18-,19+,22+/m1/s1. The smallest absolute Gasteiger partial charge is 0.251 e. The number of rotatable bonds is 5. The zero-order chi connectivity index (χ0) is 20.0. The molecule has 2 bridgehead atoms. The normalized spacial score (nSPS) is 26.0. The fourth-order valence-electron chi connectivity index (χ4n) is 5.33. The van der Waals surface area contributed by atoms with E-state index in [-0.39, 0.29) is 17.5 Å². The summed E-state index contributed by atoms with van der Waals surface area (Å²) in [5.41, 5.74) is 2.88. The predicted octanol–water partition coefficient (Wildman–Crippen LogP) is 2.96. The van der Waals surface area contributed by atoms with Gasteiger partial charge in [-0.05, 0) is 55.7 Å². The highest BCUT2D eigenvalue weighted by atomic mass is 16.1. The minimum atomic E-state index is -0.0543. The number of nitrogens with zero attached hydrogens (tertiary/aromatic N) is 2. The van der Waals surface area contributed by atoms with E-state index in [9.17, 15) is 9.59 Å². The summed E-state index contributed by atoms with van der Waals surface area (Å²) in [6.45, 7) is 5.72. The number of likely N-dealkylation sites (tertiary alicyclic amines) is 1. The van der Waals surface area contributed by atoms with Crippen LogP contribution in [0.4, 0.5) is 0 Å². The average Bonchev–Trinajstić information content (AvgIpc) is 3.52. The number of hydrogen-bond acceptors (Lipinski definition) is 3. The van der Waals surface area contributed by atoms with Crippen molar-refractivity contribution in [2.24, 2.45) is 11.8 Å². The third-order valence-corrected chi connectivity index (χ3v) is 6.95. The van der Waals surface area contributed by atoms with Crippen LogP contribution in [-0.4, -0.2) is 41.6 Å². The van der Waals surface area contributed by atoms with Gasteiger partial charge in [-0.25, -0.2) is 0 Å². The van der Waals surface area contributed by atoms with Crippen LogP contribution < -0.4 is 10.9 Å². The van der Waals surface area contributed by atoms with Gasteiger partial charge >= 0.3 is 0 Å². The highest BCUT2D eigenvalue weighted by molar-refractivity contribution is 5.95. The molecule has 0 radical (unpaired) electrons. The Kier molecular flexibility index (Phi) is 4.78. The molecule has 3 heterocycles. The van der Waals surface area contributed by atoms with Crippen LogP contribution in [0.1, 0.15) is 52.8 Å². The second-order valence-corrected chi connectivity index (χ2v) is 9.11. The molecule has 1 aliphatic carbocycles. The Labute approximate surface area is 171 Å². The molecule has 1 N–H and O–H groups in total. The molecular weight excluding hydrogens is 362 g/mol. The molecule has 1 amide bonds. The van der Waals surface area contributed by atoms with E-state index < -0.39 is 0 Å². The zero-order valence-corrected chi connectivity index (χ0v) is 17.0. The van der Waals surface area contributed by atoms with Gasteiger partial charge < -0.3 is 14.8 Å². The summed E-state index contributed by atoms with van der Waals surface area (Å²) in [5.74, 6) is 1.63. The first-order valence-electron chi connectivity index (χ1n) is 10.9. The fourth-order valence-corrected chi connectivity index (χ4v) is 5.33. The van der Waals surface area contributed by atoms with E-state index in [4.69, 9.17) is 0 Å². The summed E-state index contributed by atoms with van der Waals surface area (Å²) in [4.78, 5) is 28.2. The Hall–Kier alpha value is -2.40. The van der Waals surface area contributed by atoms with Crippen LogP contribution in [0.15, 0.2) is 47.3 Å². The molecule has 1 aromatic carbocycles. The lowest BCUT2D eigenvalue weighted by Crippen LogP contribution is -2.52. The maximum Gasteiger partial charge on any atom is 0.251 e. The molecule has 0 spiro atoms. The minimum absolute atomic E-state index is 0.0184. The molecular formula is C24H29N3O2. The molecule has 5 nitrogen and oxygen atoms in total. The number of nitrogens with one attached hydrogen (secondary N) is 1. The number of benzene rings is 1. The Morgan fingerprint density at radius 1 is 1.10 bits per heavy atom. The second-order valence-electron chi connectivity index (χ2n) is 9.11. The topological polar surface area (TPSA) is 54.3 Å². The van der Waals surface area contributed by atoms with Crippen LogP contribution in [0.3, 0.4) is 0 Å². The summed E-state index contributed by atoms with van der Waals surface area (Å²) in [7, 11) is 0. The first-order chi connectivity index (χ1) is 14.1. The van der Waals surface area contributed by atoms with Crippen LogP contribution >= 0.6 is 0 Å². The van der Waals surface area contributed by atoms with E-state index in [0.29, 0.717) is 23.9 Å². The van der Waals surface area contributed by atoms with Crippen molar-refractivity contribution < 1.29 is 4.79 Å². The number of hydrogen-bond donors (Lipinski definition) is 1. The molecule has 3 atom stereocenters. The highest BCUT2D eigenvalue weighted by Crippen LogP contribution is 2.42. The van der Waals surface area contributed by atoms with Crippen molar-refractivity contribution in [1.29, 1.82) is 0 Å². The number of pyridine rings is 1. The van der Waals surface area contributed by atoms with Crippen molar-refractivity contribution in [3.63, 3.8) is 0 Å². The number of piperidine rings is 1. The summed E-state index contributed by atoms with van der Waals surface area (Å²) in [6, 6.07) is 13.3. The van der Waals surface area contributed by atoms with E-state index in [1.165, 1.54) is 19.4 Å². The number of aryl methyl sites for hydroxylation is 1. The molecule has 2 aromatic rings. The number of amides is 1. The van der Waals surface area contributed by atoms with Crippen LogP contribution in [0.5, 0.6) is 0 Å². The number of aromatic nitrogens is 1. The largest absolute Gasteiger partial charge is 0.350 e. The van der Waals surface area contributed by atoms with E-state index in [0.717, 1.165) is 36.7 Å². The van der Waals surface area contributed by atoms with Crippen LogP contribution in [0.2, 0.25) is 0 Å². The molecule has 2 fully saturated rings. The van der Waals surface area contributed by atoms with Gasteiger partial charge in [0.25, 0.3) is 11.5 Å². The van der Waals surface area contributed by atoms with Gasteiger partial charge in [-0.1, -0.05) is 24.3 Å². The third-order valence-electron chi connectivity index (χ3n) is 6.95. The van der Waals surface area contributed by atoms with Crippen LogP contribution in [-0.2, 0) is 0 Å². The van der Waals surface area contributed by atoms with Gasteiger partial charge in [0.15, 0.2) is 0 Å². The first kappa shape index (κ1) is 18.6. The van der Waals surface area contributed by atoms with E-state index in [2.05, 4.69) is 16.3 Å². The maximum absolute atomic E-state index is 12.8. The molecule has 2 aliphatic heterocycles. The van der Waals surface area contributed by atoms with Crippen molar-refractivity contribution in [3.8, 4) is 0 Å². The van der Waals surface area contributed by atoms with Crippen molar-refractivity contribution in [2.45, 2.75) is 38.1 Å². The number of fused-ring (bicyclic) bond motifs is 4. The van der Waals surface area contributed by atoms with Gasteiger partial charge in [0.05, 0.1) is 6.04 Å². The van der Waals surface area contributed by atoms with Crippen LogP contribution in [0.25, 0.3) is 0 Å². The third kappa shape index (κ3) is 3.64. The average molecular weight is 392 g/mol. The van der Waals surface area contributed by atoms with Gasteiger partial charge in [-0.2, -0.15) is 0 Å². The van der Waals surface area contributed by atoms with Gasteiger partial charge in [0, 0.05) is 49.4 Å². The van der Waals surface area contributed by atoms with E-state index in [1.807, 2.05) is 41.8 Å². The lowest BCUT2D eigenvalue weighted by molar-refractivity contribution is 0.0801. The Bertz CT molecular complexity index is 978. The molecule has 29 heavy (non-hydrogen) atoms. The quantitative estimate of drug-likeness (QED) is 0.853. The summed E-state index contributed by atoms with van der Waals surface area (Å²) >= 11 is 0. The van der Waals surface area contributed by atoms with Crippen LogP contribution in [0, 0.1) is 18.8 Å². The fraction of sp³-hybridized carbons (Fsp3) is 0.500. The monoisotopic (exact) mass is 391 g/mol. The van der Waals surface area contributed by atoms with E-state index >= 15 is 0 Å². The van der Waals surface area contributed by atoms with Gasteiger partial charge in [0.2, 0.25) is 0 Å². The van der Waals surface area contributed by atoms with E-state index in [1.54, 1.807) is 6.07 Å². The lowest BCUT2D eigenvalue weighted by atomic mass is 9.78. The molecule has 0 unspecified atom stereocenters. The zero-order valence-electron chi connectivity index (χ0n) is 17.0. The first-order valence-corrected chi connectivity index (χ1v) is 10.9. The predicted molar refractivity (Wildman–Crippen MR) is 113 cm³/mol. The Morgan fingerprint density at radius 2 is 1.93 bits per heavy atom. The Morgan fingerprint density at radius 3 is 2.72 bits per heavy atom. The SMILES string of the molecule is Cc1ccccc1C(=O)NC[C@H]1[C@H]2C[C@H](CN(CC3CC3)C2)c2cccc(=O)n21. The molecule has 3 aliphatic rings. The van der Waals surface area contributed by atoms with Crippen molar-refractivity contribution >= 4 is 5.91 Å². The Balaban J connectivity index is 1.40. The molecule has 1 aromatic heterocycles. The number of carbonyl (C=O) groups excluding carboxylic acids is 1. The minimum Gasteiger partial charge on any atom is -0.350 e. The lowest BCUT2D eigenvalue weighted by Gasteiger charge is -2.47.